The summed E-state index contributed by atoms with van der Waals surface area (Å²) >= 11 is 0. The Hall–Kier alpha value is -2.43. The molecule has 27 heavy (non-hydrogen) atoms. The van der Waals surface area contributed by atoms with Crippen molar-refractivity contribution >= 4 is 12.6 Å². The highest BCUT2D eigenvalue weighted by Crippen LogP contribution is 2.49. The number of nitrogens with zero attached hydrogens (tertiary/aromatic N) is 1. The van der Waals surface area contributed by atoms with Crippen LogP contribution >= 0.6 is 0 Å². The van der Waals surface area contributed by atoms with Crippen molar-refractivity contribution in [3.05, 3.63) is 82.7 Å². The van der Waals surface area contributed by atoms with Crippen LogP contribution in [0.4, 0.5) is 0 Å². The van der Waals surface area contributed by atoms with E-state index in [0.717, 1.165) is 24.1 Å². The Bertz CT molecular complexity index is 1060. The van der Waals surface area contributed by atoms with Gasteiger partial charge in [0.25, 0.3) is 0 Å². The molecular weight excluding hydrogens is 333 g/mol. The molecule has 1 unspecified atom stereocenters. The van der Waals surface area contributed by atoms with E-state index >= 15 is 0 Å². The zero-order valence-electron chi connectivity index (χ0n) is 15.6. The highest BCUT2D eigenvalue weighted by atomic mass is 16.4. The van der Waals surface area contributed by atoms with E-state index in [2.05, 4.69) is 44.2 Å². The van der Waals surface area contributed by atoms with Crippen molar-refractivity contribution in [1.29, 1.82) is 0 Å². The van der Waals surface area contributed by atoms with Gasteiger partial charge in [0, 0.05) is 17.5 Å². The molecule has 1 aromatic heterocycles. The van der Waals surface area contributed by atoms with Crippen LogP contribution in [0.25, 0.3) is 11.1 Å². The molecule has 5 rings (SSSR count). The molecule has 0 amide bonds. The average molecular weight is 355 g/mol. The fourth-order valence-corrected chi connectivity index (χ4v) is 5.08. The van der Waals surface area contributed by atoms with E-state index in [4.69, 9.17) is 4.98 Å². The van der Waals surface area contributed by atoms with Crippen molar-refractivity contribution in [3.63, 3.8) is 0 Å². The van der Waals surface area contributed by atoms with Gasteiger partial charge >= 0.3 is 7.12 Å². The van der Waals surface area contributed by atoms with Gasteiger partial charge in [-0.1, -0.05) is 56.3 Å². The molecule has 0 aliphatic heterocycles. The Morgan fingerprint density at radius 1 is 1.00 bits per heavy atom. The third-order valence-corrected chi connectivity index (χ3v) is 6.38. The van der Waals surface area contributed by atoms with Crippen molar-refractivity contribution in [1.82, 2.24) is 4.98 Å². The Morgan fingerprint density at radius 2 is 1.85 bits per heavy atom. The van der Waals surface area contributed by atoms with E-state index in [-0.39, 0.29) is 11.3 Å². The van der Waals surface area contributed by atoms with Crippen molar-refractivity contribution in [2.45, 2.75) is 38.0 Å². The first-order valence-corrected chi connectivity index (χ1v) is 9.56. The van der Waals surface area contributed by atoms with Crippen LogP contribution in [-0.2, 0) is 11.8 Å². The fraction of sp³-hybridized carbons (Fsp3) is 0.261. The summed E-state index contributed by atoms with van der Waals surface area (Å²) in [7, 11) is -1.46. The zero-order chi connectivity index (χ0) is 18.8. The van der Waals surface area contributed by atoms with Crippen molar-refractivity contribution < 1.29 is 10.0 Å². The molecule has 1 heterocycles. The van der Waals surface area contributed by atoms with Crippen LogP contribution in [0.2, 0.25) is 0 Å². The Balaban J connectivity index is 1.93. The van der Waals surface area contributed by atoms with Gasteiger partial charge in [-0.05, 0) is 57.8 Å². The summed E-state index contributed by atoms with van der Waals surface area (Å²) in [4.78, 5) is 4.83. The van der Waals surface area contributed by atoms with Gasteiger partial charge in [0.2, 0.25) is 0 Å². The van der Waals surface area contributed by atoms with Gasteiger partial charge in [-0.3, -0.25) is 4.98 Å². The Morgan fingerprint density at radius 3 is 2.67 bits per heavy atom. The zero-order valence-corrected chi connectivity index (χ0v) is 15.6. The van der Waals surface area contributed by atoms with Gasteiger partial charge < -0.3 is 10.0 Å². The monoisotopic (exact) mass is 355 g/mol. The SMILES string of the molecule is CC1(C)c2cccc3c2CCC(c2ccc(B(O)O)cc2-3)c2cccnc21. The normalized spacial score (nSPS) is 18.7. The molecule has 2 N–H and O–H groups in total. The smallest absolute Gasteiger partial charge is 0.423 e. The van der Waals surface area contributed by atoms with E-state index in [1.165, 1.54) is 27.8 Å². The summed E-state index contributed by atoms with van der Waals surface area (Å²) in [5.41, 5.74) is 9.07. The first kappa shape index (κ1) is 16.7. The molecule has 2 aliphatic rings. The Labute approximate surface area is 159 Å². The van der Waals surface area contributed by atoms with Crippen molar-refractivity contribution in [2.24, 2.45) is 0 Å². The van der Waals surface area contributed by atoms with Crippen molar-refractivity contribution in [3.8, 4) is 11.1 Å². The van der Waals surface area contributed by atoms with E-state index in [1.54, 1.807) is 0 Å². The molecule has 2 aliphatic carbocycles. The van der Waals surface area contributed by atoms with E-state index in [0.29, 0.717) is 5.46 Å². The first-order valence-electron chi connectivity index (χ1n) is 9.56. The maximum atomic E-state index is 9.72. The molecule has 0 saturated heterocycles. The molecule has 2 bridgehead atoms. The second kappa shape index (κ2) is 5.78. The summed E-state index contributed by atoms with van der Waals surface area (Å²) in [6.07, 6.45) is 3.94. The molecule has 2 aromatic carbocycles. The van der Waals surface area contributed by atoms with Crippen LogP contribution < -0.4 is 5.46 Å². The van der Waals surface area contributed by atoms with Crippen LogP contribution in [0, 0.1) is 0 Å². The van der Waals surface area contributed by atoms with Crippen LogP contribution in [0.5, 0.6) is 0 Å². The third-order valence-electron chi connectivity index (χ3n) is 6.38. The van der Waals surface area contributed by atoms with E-state index in [9.17, 15) is 10.0 Å². The molecule has 3 nitrogen and oxygen atoms in total. The van der Waals surface area contributed by atoms with Crippen LogP contribution in [0.3, 0.4) is 0 Å². The third kappa shape index (κ3) is 2.33. The molecular formula is C23H22BNO2. The number of pyridine rings is 1. The number of rotatable bonds is 1. The average Bonchev–Trinajstić information content (AvgIpc) is 2.83. The summed E-state index contributed by atoms with van der Waals surface area (Å²) in [6.45, 7) is 4.53. The molecule has 0 spiro atoms. The van der Waals surface area contributed by atoms with Gasteiger partial charge in [0.15, 0.2) is 0 Å². The predicted octanol–water partition coefficient (Wildman–Crippen LogP) is 3.15. The second-order valence-electron chi connectivity index (χ2n) is 8.21. The Kier molecular flexibility index (Phi) is 3.58. The molecule has 0 radical (unpaired) electrons. The highest BCUT2D eigenvalue weighted by molar-refractivity contribution is 6.58. The molecule has 134 valence electrons. The molecule has 3 aromatic rings. The second-order valence-corrected chi connectivity index (χ2v) is 8.21. The lowest BCUT2D eigenvalue weighted by Gasteiger charge is -2.33. The minimum Gasteiger partial charge on any atom is -0.423 e. The summed E-state index contributed by atoms with van der Waals surface area (Å²) in [6, 6.07) is 16.6. The number of aromatic nitrogens is 1. The van der Waals surface area contributed by atoms with E-state index in [1.807, 2.05) is 24.4 Å². The predicted molar refractivity (Wildman–Crippen MR) is 108 cm³/mol. The van der Waals surface area contributed by atoms with E-state index < -0.39 is 7.12 Å². The lowest BCUT2D eigenvalue weighted by atomic mass is 9.71. The number of hydrogen-bond acceptors (Lipinski definition) is 3. The number of benzene rings is 2. The van der Waals surface area contributed by atoms with Crippen LogP contribution in [0.15, 0.2) is 54.7 Å². The molecule has 4 heteroatoms. The summed E-state index contributed by atoms with van der Waals surface area (Å²) < 4.78 is 0. The molecule has 0 fully saturated rings. The van der Waals surface area contributed by atoms with Gasteiger partial charge in [0.1, 0.15) is 0 Å². The first-order chi connectivity index (χ1) is 13.0. The minimum absolute atomic E-state index is 0.179. The number of fused-ring (bicyclic) bond motifs is 7. The van der Waals surface area contributed by atoms with Gasteiger partial charge in [-0.2, -0.15) is 0 Å². The molecule has 0 saturated carbocycles. The summed E-state index contributed by atoms with van der Waals surface area (Å²) in [5, 5.41) is 19.4. The largest absolute Gasteiger partial charge is 0.488 e. The molecule has 1 atom stereocenters. The topological polar surface area (TPSA) is 53.4 Å². The highest BCUT2D eigenvalue weighted by Gasteiger charge is 2.38. The van der Waals surface area contributed by atoms with Gasteiger partial charge in [0.05, 0.1) is 5.69 Å². The van der Waals surface area contributed by atoms with Crippen LogP contribution in [-0.4, -0.2) is 22.2 Å². The van der Waals surface area contributed by atoms with Crippen LogP contribution in [0.1, 0.15) is 54.1 Å². The summed E-state index contributed by atoms with van der Waals surface area (Å²) in [5.74, 6) is 0.258. The maximum absolute atomic E-state index is 9.72. The lowest BCUT2D eigenvalue weighted by molar-refractivity contribution is 0.426. The standard InChI is InChI=1S/C23H22BNO2/c1-23(2)21-7-3-5-15-18(21)11-10-16(19-6-4-12-25-22(19)23)17-9-8-14(24(26)27)13-20(15)17/h3-9,12-13,16,26-27H,10-11H2,1-2H3. The van der Waals surface area contributed by atoms with Gasteiger partial charge in [-0.15, -0.1) is 0 Å². The maximum Gasteiger partial charge on any atom is 0.488 e. The fourth-order valence-electron chi connectivity index (χ4n) is 5.08. The minimum atomic E-state index is -1.46. The number of hydrogen-bond donors (Lipinski definition) is 2. The quantitative estimate of drug-likeness (QED) is 0.660. The van der Waals surface area contributed by atoms with Crippen molar-refractivity contribution in [2.75, 3.05) is 0 Å². The van der Waals surface area contributed by atoms with Gasteiger partial charge in [-0.25, -0.2) is 0 Å². The lowest BCUT2D eigenvalue weighted by Crippen LogP contribution is -2.30.